The minimum Gasteiger partial charge on any atom is -0.450 e. The van der Waals surface area contributed by atoms with E-state index in [0.29, 0.717) is 32.5 Å². The van der Waals surface area contributed by atoms with Crippen LogP contribution in [0, 0.1) is 0 Å². The van der Waals surface area contributed by atoms with Crippen LogP contribution in [0.2, 0.25) is 0 Å². The van der Waals surface area contributed by atoms with Crippen molar-refractivity contribution in [1.29, 1.82) is 0 Å². The normalized spacial score (nSPS) is 10.2. The summed E-state index contributed by atoms with van der Waals surface area (Å²) in [5.41, 5.74) is 2.09. The molecule has 0 aliphatic carbocycles. The van der Waals surface area contributed by atoms with Gasteiger partial charge in [-0.25, -0.2) is 10.6 Å². The molecule has 0 saturated carbocycles. The van der Waals surface area contributed by atoms with Gasteiger partial charge in [-0.05, 0) is 19.8 Å². The first-order valence-electron chi connectivity index (χ1n) is 8.06. The molecule has 0 aliphatic rings. The lowest BCUT2D eigenvalue weighted by Crippen LogP contribution is -2.35. The molecule has 0 atom stereocenters. The summed E-state index contributed by atoms with van der Waals surface area (Å²) in [5, 5.41) is 0. The Hall–Kier alpha value is -1.30. The van der Waals surface area contributed by atoms with Crippen molar-refractivity contribution in [2.24, 2.45) is 5.84 Å². The van der Waals surface area contributed by atoms with Crippen LogP contribution in [-0.2, 0) is 9.53 Å². The molecule has 0 spiro atoms. The summed E-state index contributed by atoms with van der Waals surface area (Å²) in [7, 11) is 0. The molecular formula is C15H31N3O3. The predicted octanol–water partition coefficient (Wildman–Crippen LogP) is 2.58. The molecule has 0 saturated heterocycles. The fourth-order valence-electron chi connectivity index (χ4n) is 2.09. The number of nitrogens with two attached hydrogens (primary N) is 1. The van der Waals surface area contributed by atoms with Crippen molar-refractivity contribution in [3.8, 4) is 0 Å². The van der Waals surface area contributed by atoms with Crippen molar-refractivity contribution in [3.05, 3.63) is 0 Å². The number of nitrogens with one attached hydrogen (secondary N) is 1. The van der Waals surface area contributed by atoms with Gasteiger partial charge in [-0.3, -0.25) is 10.2 Å². The molecule has 2 amide bonds. The molecule has 6 nitrogen and oxygen atoms in total. The van der Waals surface area contributed by atoms with Crippen molar-refractivity contribution >= 4 is 12.0 Å². The molecule has 0 radical (unpaired) electrons. The molecule has 0 rings (SSSR count). The van der Waals surface area contributed by atoms with Crippen molar-refractivity contribution in [2.75, 3.05) is 19.7 Å². The number of hydrogen-bond acceptors (Lipinski definition) is 4. The summed E-state index contributed by atoms with van der Waals surface area (Å²) in [6.07, 6.45) is 7.70. The predicted molar refractivity (Wildman–Crippen MR) is 83.5 cm³/mol. The van der Waals surface area contributed by atoms with Gasteiger partial charge in [0.2, 0.25) is 5.91 Å². The molecule has 0 aromatic rings. The lowest BCUT2D eigenvalue weighted by Gasteiger charge is -2.21. The van der Waals surface area contributed by atoms with E-state index >= 15 is 0 Å². The fourth-order valence-corrected chi connectivity index (χ4v) is 2.09. The van der Waals surface area contributed by atoms with Crippen LogP contribution in [0.4, 0.5) is 4.79 Å². The Bertz CT molecular complexity index is 285. The lowest BCUT2D eigenvalue weighted by molar-refractivity contribution is -0.121. The number of amides is 2. The van der Waals surface area contributed by atoms with Gasteiger partial charge in [0.15, 0.2) is 0 Å². The van der Waals surface area contributed by atoms with Gasteiger partial charge >= 0.3 is 6.09 Å². The Morgan fingerprint density at radius 1 is 1.00 bits per heavy atom. The average molecular weight is 301 g/mol. The Labute approximate surface area is 128 Å². The molecule has 6 heteroatoms. The van der Waals surface area contributed by atoms with Gasteiger partial charge in [0.05, 0.1) is 6.61 Å². The SMILES string of the molecule is CCCCCCCCN(CCCC(=O)NN)C(=O)OCC. The molecule has 0 aliphatic heterocycles. The van der Waals surface area contributed by atoms with E-state index in [1.54, 1.807) is 11.8 Å². The first-order chi connectivity index (χ1) is 10.2. The van der Waals surface area contributed by atoms with Crippen molar-refractivity contribution in [3.63, 3.8) is 0 Å². The third-order valence-electron chi connectivity index (χ3n) is 3.30. The second-order valence-electron chi connectivity index (χ2n) is 5.12. The van der Waals surface area contributed by atoms with Crippen molar-refractivity contribution in [2.45, 2.75) is 65.2 Å². The van der Waals surface area contributed by atoms with Crippen molar-refractivity contribution in [1.82, 2.24) is 10.3 Å². The molecule has 0 unspecified atom stereocenters. The summed E-state index contributed by atoms with van der Waals surface area (Å²) in [5.74, 6) is 4.82. The van der Waals surface area contributed by atoms with Gasteiger partial charge in [0, 0.05) is 19.5 Å². The van der Waals surface area contributed by atoms with Crippen LogP contribution in [0.5, 0.6) is 0 Å². The van der Waals surface area contributed by atoms with E-state index in [4.69, 9.17) is 10.6 Å². The number of hydrazine groups is 1. The Morgan fingerprint density at radius 3 is 2.24 bits per heavy atom. The molecule has 21 heavy (non-hydrogen) atoms. The van der Waals surface area contributed by atoms with E-state index in [1.807, 2.05) is 0 Å². The van der Waals surface area contributed by atoms with Crippen molar-refractivity contribution < 1.29 is 14.3 Å². The summed E-state index contributed by atoms with van der Waals surface area (Å²) in [6.45, 7) is 5.58. The highest BCUT2D eigenvalue weighted by molar-refractivity contribution is 5.75. The lowest BCUT2D eigenvalue weighted by atomic mass is 10.1. The summed E-state index contributed by atoms with van der Waals surface area (Å²) in [6, 6.07) is 0. The molecule has 0 aromatic heterocycles. The van der Waals surface area contributed by atoms with Gasteiger partial charge in [0.1, 0.15) is 0 Å². The molecule has 0 bridgehead atoms. The van der Waals surface area contributed by atoms with Crippen LogP contribution >= 0.6 is 0 Å². The second-order valence-corrected chi connectivity index (χ2v) is 5.12. The molecule has 0 heterocycles. The van der Waals surface area contributed by atoms with Crippen LogP contribution in [0.15, 0.2) is 0 Å². The van der Waals surface area contributed by atoms with Crippen LogP contribution in [0.3, 0.4) is 0 Å². The monoisotopic (exact) mass is 301 g/mol. The zero-order valence-corrected chi connectivity index (χ0v) is 13.5. The minimum atomic E-state index is -0.292. The van der Waals surface area contributed by atoms with Crippen LogP contribution in [0.25, 0.3) is 0 Å². The Kier molecular flexibility index (Phi) is 12.8. The number of ether oxygens (including phenoxy) is 1. The number of rotatable bonds is 12. The van der Waals surface area contributed by atoms with Gasteiger partial charge < -0.3 is 9.64 Å². The number of nitrogens with zero attached hydrogens (tertiary/aromatic N) is 1. The van der Waals surface area contributed by atoms with Gasteiger partial charge in [-0.15, -0.1) is 0 Å². The molecule has 3 N–H and O–H groups in total. The highest BCUT2D eigenvalue weighted by atomic mass is 16.6. The van der Waals surface area contributed by atoms with E-state index in [0.717, 1.165) is 12.8 Å². The third kappa shape index (κ3) is 11.1. The quantitative estimate of drug-likeness (QED) is 0.251. The van der Waals surface area contributed by atoms with Gasteiger partial charge in [-0.1, -0.05) is 39.0 Å². The number of unbranched alkanes of at least 4 members (excludes halogenated alkanes) is 5. The Morgan fingerprint density at radius 2 is 1.62 bits per heavy atom. The highest BCUT2D eigenvalue weighted by Gasteiger charge is 2.14. The van der Waals surface area contributed by atoms with Gasteiger partial charge in [0.25, 0.3) is 0 Å². The van der Waals surface area contributed by atoms with E-state index in [-0.39, 0.29) is 12.0 Å². The van der Waals surface area contributed by atoms with Gasteiger partial charge in [-0.2, -0.15) is 0 Å². The van der Waals surface area contributed by atoms with E-state index in [1.165, 1.54) is 25.7 Å². The standard InChI is InChI=1S/C15H31N3O3/c1-3-5-6-7-8-9-12-18(15(20)21-4-2)13-10-11-14(19)17-16/h3-13,16H2,1-2H3,(H,17,19). The zero-order valence-electron chi connectivity index (χ0n) is 13.5. The maximum atomic E-state index is 11.8. The maximum Gasteiger partial charge on any atom is 0.409 e. The highest BCUT2D eigenvalue weighted by Crippen LogP contribution is 2.07. The second kappa shape index (κ2) is 13.7. The van der Waals surface area contributed by atoms with Crippen LogP contribution < -0.4 is 11.3 Å². The summed E-state index contributed by atoms with van der Waals surface area (Å²) in [4.78, 5) is 24.6. The smallest absolute Gasteiger partial charge is 0.409 e. The molecule has 0 fully saturated rings. The first-order valence-corrected chi connectivity index (χ1v) is 8.06. The number of hydrogen-bond donors (Lipinski definition) is 2. The van der Waals surface area contributed by atoms with E-state index < -0.39 is 0 Å². The largest absolute Gasteiger partial charge is 0.450 e. The van der Waals surface area contributed by atoms with Crippen LogP contribution in [-0.4, -0.2) is 36.6 Å². The molecular weight excluding hydrogens is 270 g/mol. The number of carbonyl (C=O) groups excluding carboxylic acids is 2. The first kappa shape index (κ1) is 19.7. The number of carbonyl (C=O) groups is 2. The maximum absolute atomic E-state index is 11.8. The van der Waals surface area contributed by atoms with Crippen LogP contribution in [0.1, 0.15) is 65.2 Å². The average Bonchev–Trinajstić information content (AvgIpc) is 2.48. The molecule has 0 aromatic carbocycles. The topological polar surface area (TPSA) is 84.7 Å². The Balaban J connectivity index is 3.97. The third-order valence-corrected chi connectivity index (χ3v) is 3.30. The summed E-state index contributed by atoms with van der Waals surface area (Å²) < 4.78 is 5.05. The van der Waals surface area contributed by atoms with E-state index in [9.17, 15) is 9.59 Å². The zero-order chi connectivity index (χ0) is 15.9. The summed E-state index contributed by atoms with van der Waals surface area (Å²) >= 11 is 0. The van der Waals surface area contributed by atoms with E-state index in [2.05, 4.69) is 12.3 Å². The minimum absolute atomic E-state index is 0.210. The fraction of sp³-hybridized carbons (Fsp3) is 0.867. The molecule has 124 valence electrons.